The monoisotopic (exact) mass is 935 g/mol. The van der Waals surface area contributed by atoms with Gasteiger partial charge in [-0.3, -0.25) is 38.4 Å². The van der Waals surface area contributed by atoms with Crippen LogP contribution in [0.25, 0.3) is 21.9 Å². The fraction of sp³-hybridized carbons (Fsp3) is 0.455. The van der Waals surface area contributed by atoms with Crippen molar-refractivity contribution < 1.29 is 64.5 Å². The number of piperidine rings is 2. The van der Waals surface area contributed by atoms with Crippen LogP contribution in [0.5, 0.6) is 5.75 Å². The van der Waals surface area contributed by atoms with Gasteiger partial charge in [0.2, 0.25) is 17.6 Å². The summed E-state index contributed by atoms with van der Waals surface area (Å²) in [6, 6.07) is 10.9. The second kappa shape index (κ2) is 18.9. The summed E-state index contributed by atoms with van der Waals surface area (Å²) in [5, 5.41) is 26.9. The van der Waals surface area contributed by atoms with Crippen LogP contribution in [-0.2, 0) is 34.3 Å². The number of likely N-dealkylation sites (tertiary alicyclic amines) is 1. The van der Waals surface area contributed by atoms with Crippen LogP contribution in [-0.4, -0.2) is 96.0 Å². The number of imidazole rings is 1. The Bertz CT molecular complexity index is 2740. The molecule has 2 aliphatic heterocycles. The second-order valence-electron chi connectivity index (χ2n) is 17.1. The van der Waals surface area contributed by atoms with Crippen molar-refractivity contribution in [3.8, 4) is 5.75 Å². The van der Waals surface area contributed by atoms with Crippen molar-refractivity contribution >= 4 is 45.6 Å². The molecule has 3 fully saturated rings. The maximum absolute atomic E-state index is 15.7. The minimum absolute atomic E-state index is 0.0580. The number of carboxylic acids is 1. The van der Waals surface area contributed by atoms with Gasteiger partial charge in [-0.15, -0.1) is 0 Å². The summed E-state index contributed by atoms with van der Waals surface area (Å²) < 4.78 is 109. The molecule has 66 heavy (non-hydrogen) atoms. The van der Waals surface area contributed by atoms with E-state index in [1.807, 2.05) is 41.2 Å². The number of nitrogens with zero attached hydrogens (tertiary/aromatic N) is 5. The van der Waals surface area contributed by atoms with Crippen LogP contribution in [0.2, 0.25) is 0 Å². The number of fused-ring (bicyclic) bond motifs is 2. The number of carboxylic acid groups (broad SMARTS) is 1. The molecule has 1 aliphatic carbocycles. The number of phenolic OH excluding ortho intramolecular Hbond substituents is 1. The molecule has 2 atom stereocenters. The van der Waals surface area contributed by atoms with Gasteiger partial charge in [-0.1, -0.05) is 18.2 Å². The summed E-state index contributed by atoms with van der Waals surface area (Å²) in [4.78, 5) is 60.4. The zero-order valence-electron chi connectivity index (χ0n) is 35.3. The summed E-state index contributed by atoms with van der Waals surface area (Å²) in [6.45, 7) is 0.754. The van der Waals surface area contributed by atoms with E-state index in [0.29, 0.717) is 43.0 Å². The molecule has 0 bridgehead atoms. The number of aromatic nitrogens is 4. The van der Waals surface area contributed by atoms with Gasteiger partial charge >= 0.3 is 17.8 Å². The van der Waals surface area contributed by atoms with Gasteiger partial charge in [0.05, 0.1) is 34.7 Å². The molecule has 0 spiro atoms. The van der Waals surface area contributed by atoms with Gasteiger partial charge in [-0.05, 0) is 99.2 Å². The average Bonchev–Trinajstić information content (AvgIpc) is 3.80. The van der Waals surface area contributed by atoms with Gasteiger partial charge in [0, 0.05) is 44.1 Å². The highest BCUT2D eigenvalue weighted by atomic mass is 19.4. The molecular formula is C44H45F8N7O7. The molecule has 4 heterocycles. The van der Waals surface area contributed by atoms with Gasteiger partial charge in [0.15, 0.2) is 17.4 Å². The van der Waals surface area contributed by atoms with Crippen LogP contribution in [0.4, 0.5) is 35.1 Å². The molecule has 8 rings (SSSR count). The fourth-order valence-electron chi connectivity index (χ4n) is 8.96. The van der Waals surface area contributed by atoms with Crippen molar-refractivity contribution in [3.05, 3.63) is 93.3 Å². The topological polar surface area (TPSA) is 181 Å². The minimum Gasteiger partial charge on any atom is -0.503 e. The third kappa shape index (κ3) is 10.2. The van der Waals surface area contributed by atoms with Crippen LogP contribution in [0, 0.1) is 29.3 Å². The largest absolute Gasteiger partial charge is 0.503 e. The van der Waals surface area contributed by atoms with Gasteiger partial charge < -0.3 is 15.5 Å². The van der Waals surface area contributed by atoms with Crippen molar-refractivity contribution in [2.75, 3.05) is 26.2 Å². The van der Waals surface area contributed by atoms with Crippen LogP contribution in [0.1, 0.15) is 78.5 Å². The Kier molecular flexibility index (Phi) is 13.6. The minimum atomic E-state index is -5.08. The number of halogens is 8. The Hall–Kier alpha value is -6.32. The number of amides is 3. The van der Waals surface area contributed by atoms with E-state index in [-0.39, 0.29) is 55.9 Å². The summed E-state index contributed by atoms with van der Waals surface area (Å²) in [7, 11) is 1.62. The van der Waals surface area contributed by atoms with Gasteiger partial charge in [0.25, 0.3) is 11.8 Å². The number of aromatic hydroxyl groups is 1. The first-order valence-corrected chi connectivity index (χ1v) is 21.2. The highest BCUT2D eigenvalue weighted by molar-refractivity contribution is 6.00. The number of benzene rings is 3. The number of carbonyl (C=O) groups is 4. The molecular weight excluding hydrogens is 891 g/mol. The number of imide groups is 1. The van der Waals surface area contributed by atoms with Crippen molar-refractivity contribution in [1.29, 1.82) is 0 Å². The molecule has 14 nitrogen and oxygen atoms in total. The third-order valence-electron chi connectivity index (χ3n) is 12.7. The number of phenols is 1. The molecule has 354 valence electrons. The van der Waals surface area contributed by atoms with Crippen LogP contribution < -0.4 is 16.3 Å². The number of hydrogen-bond donors (Lipinski definition) is 4. The Morgan fingerprint density at radius 1 is 0.924 bits per heavy atom. The quantitative estimate of drug-likeness (QED) is 0.0708. The number of aryl methyl sites for hydroxylation is 1. The molecule has 2 saturated heterocycles. The molecule has 3 aromatic carbocycles. The van der Waals surface area contributed by atoms with Gasteiger partial charge in [-0.2, -0.15) is 22.7 Å². The van der Waals surface area contributed by atoms with E-state index in [2.05, 4.69) is 10.6 Å². The average molecular weight is 936 g/mol. The Labute approximate surface area is 370 Å². The summed E-state index contributed by atoms with van der Waals surface area (Å²) in [6.07, 6.45) is 1.21. The zero-order valence-corrected chi connectivity index (χ0v) is 35.3. The molecule has 4 N–H and O–H groups in total. The lowest BCUT2D eigenvalue weighted by Crippen LogP contribution is -2.49. The van der Waals surface area contributed by atoms with Crippen molar-refractivity contribution in [2.24, 2.45) is 18.9 Å². The first kappa shape index (κ1) is 47.6. The second-order valence-corrected chi connectivity index (χ2v) is 17.1. The molecule has 0 radical (unpaired) electrons. The maximum atomic E-state index is 15.7. The number of aliphatic carboxylic acids is 1. The van der Waals surface area contributed by atoms with Gasteiger partial charge in [-0.25, -0.2) is 27.2 Å². The Morgan fingerprint density at radius 3 is 2.29 bits per heavy atom. The van der Waals surface area contributed by atoms with Crippen LogP contribution >= 0.6 is 0 Å². The van der Waals surface area contributed by atoms with E-state index >= 15 is 8.78 Å². The first-order valence-electron chi connectivity index (χ1n) is 21.2. The molecule has 3 aliphatic rings. The molecule has 5 aromatic rings. The van der Waals surface area contributed by atoms with Crippen molar-refractivity contribution in [2.45, 2.75) is 82.0 Å². The SMILES string of the molecule is Cn1c(=O)n([C@@H]2CCC(=O)NC2=O)c2ccc(CCN3CC[C@@H](Cc4ccc5cn(C6CCC(CNC(=O)c7cc(F)c(O)c(F)c7F)CC6)nc5c4)C(F)(F)C3)cc21.O=C(O)C(F)(F)F. The highest BCUT2D eigenvalue weighted by Crippen LogP contribution is 2.37. The van der Waals surface area contributed by atoms with Crippen molar-refractivity contribution in [1.82, 2.24) is 34.4 Å². The molecule has 1 saturated carbocycles. The van der Waals surface area contributed by atoms with Crippen molar-refractivity contribution in [3.63, 3.8) is 0 Å². The van der Waals surface area contributed by atoms with Crippen LogP contribution in [0.3, 0.4) is 0 Å². The Balaban J connectivity index is 0.000000858. The first-order chi connectivity index (χ1) is 31.1. The Morgan fingerprint density at radius 2 is 1.62 bits per heavy atom. The van der Waals surface area contributed by atoms with E-state index < -0.39 is 70.6 Å². The number of alkyl halides is 5. The maximum Gasteiger partial charge on any atom is 0.490 e. The molecule has 0 unspecified atom stereocenters. The smallest absolute Gasteiger partial charge is 0.490 e. The third-order valence-corrected chi connectivity index (χ3v) is 12.7. The zero-order chi connectivity index (χ0) is 47.8. The molecule has 3 amide bonds. The standard InChI is InChI=1S/C42H44F5N7O5.C2HF3O2/c1-51-34-18-23(5-9-32(34)54(41(51)59)33-10-11-35(55)49-40(33)58)12-14-52-15-13-27(42(46,47)22-52)16-25-2-6-26-21-53(50-31(26)17-25)28-7-3-24(4-8-28)20-48-39(57)29-19-30(43)38(56)37(45)36(29)44;3-2(4,5)1(6)7/h2,5-6,9,17-19,21,24,27-28,33,56H,3-4,7-8,10-16,20,22H2,1H3,(H,48,57)(H,49,55,58);(H,6,7)/t24?,27-,28?,33+;/m0./s1. The lowest BCUT2D eigenvalue weighted by atomic mass is 9.86. The summed E-state index contributed by atoms with van der Waals surface area (Å²) in [5.74, 6) is -14.6. The van der Waals surface area contributed by atoms with E-state index in [1.165, 1.54) is 9.13 Å². The predicted octanol–water partition coefficient (Wildman–Crippen LogP) is 6.33. The van der Waals surface area contributed by atoms with Gasteiger partial charge in [0.1, 0.15) is 6.04 Å². The molecule has 2 aromatic heterocycles. The lowest BCUT2D eigenvalue weighted by Gasteiger charge is -2.38. The van der Waals surface area contributed by atoms with E-state index in [9.17, 15) is 50.6 Å². The summed E-state index contributed by atoms with van der Waals surface area (Å²) in [5.41, 5.74) is 2.40. The lowest BCUT2D eigenvalue weighted by molar-refractivity contribution is -0.192. The number of rotatable bonds is 10. The highest BCUT2D eigenvalue weighted by Gasteiger charge is 2.44. The normalized spacial score (nSPS) is 21.3. The fourth-order valence-corrected chi connectivity index (χ4v) is 8.96. The number of nitrogens with one attached hydrogen (secondary N) is 2. The number of hydrogen-bond acceptors (Lipinski definition) is 8. The van der Waals surface area contributed by atoms with E-state index in [1.54, 1.807) is 18.0 Å². The van der Waals surface area contributed by atoms with Crippen LogP contribution in [0.15, 0.2) is 53.5 Å². The predicted molar refractivity (Wildman–Crippen MR) is 220 cm³/mol. The number of carbonyl (C=O) groups excluding carboxylic acids is 3. The molecule has 22 heteroatoms. The van der Waals surface area contributed by atoms with E-state index in [4.69, 9.17) is 15.0 Å². The van der Waals surface area contributed by atoms with E-state index in [0.717, 1.165) is 47.7 Å². The summed E-state index contributed by atoms with van der Waals surface area (Å²) >= 11 is 0.